The van der Waals surface area contributed by atoms with Gasteiger partial charge in [0.05, 0.1) is 6.54 Å². The van der Waals surface area contributed by atoms with Crippen molar-refractivity contribution < 1.29 is 18.3 Å². The molecular weight excluding hydrogens is 463 g/mol. The summed E-state index contributed by atoms with van der Waals surface area (Å²) in [5, 5.41) is 12.1. The maximum Gasteiger partial charge on any atom is 0.277 e. The number of nitrogens with one attached hydrogen (secondary N) is 1. The highest BCUT2D eigenvalue weighted by Gasteiger charge is 2.13. The van der Waals surface area contributed by atoms with Crippen molar-refractivity contribution in [3.05, 3.63) is 93.9 Å². The molecule has 0 aliphatic rings. The van der Waals surface area contributed by atoms with Crippen LogP contribution in [-0.4, -0.2) is 25.5 Å². The molecule has 0 atom stereocenters. The zero-order valence-corrected chi connectivity index (χ0v) is 17.8. The van der Waals surface area contributed by atoms with Crippen molar-refractivity contribution in [1.82, 2.24) is 19.6 Å². The van der Waals surface area contributed by atoms with Crippen LogP contribution in [0, 0.1) is 11.6 Å². The quantitative estimate of drug-likeness (QED) is 0.406. The molecule has 0 fully saturated rings. The first-order valence-corrected chi connectivity index (χ1v) is 10.0. The normalized spacial score (nSPS) is 10.9. The molecule has 164 valence electrons. The van der Waals surface area contributed by atoms with Gasteiger partial charge in [-0.15, -0.1) is 0 Å². The molecule has 11 heteroatoms. The second-order valence-corrected chi connectivity index (χ2v) is 7.46. The van der Waals surface area contributed by atoms with Gasteiger partial charge in [-0.05, 0) is 30.3 Å². The van der Waals surface area contributed by atoms with Crippen LogP contribution in [0.1, 0.15) is 16.1 Å². The molecule has 0 radical (unpaired) electrons. The number of aromatic nitrogens is 4. The third-order valence-corrected chi connectivity index (χ3v) is 5.09. The molecule has 4 aromatic rings. The summed E-state index contributed by atoms with van der Waals surface area (Å²) in [7, 11) is 0. The van der Waals surface area contributed by atoms with E-state index in [2.05, 4.69) is 15.5 Å². The molecule has 0 saturated heterocycles. The SMILES string of the molecule is O=C(Nc1ccn(Cc2c(Cl)cccc2Cl)n1)c1ccn(COc2ccc(F)cc2F)n1. The molecule has 0 aliphatic heterocycles. The first-order chi connectivity index (χ1) is 15.4. The average Bonchev–Trinajstić information content (AvgIpc) is 3.40. The Hall–Kier alpha value is -3.43. The van der Waals surface area contributed by atoms with Gasteiger partial charge in [0, 0.05) is 40.1 Å². The summed E-state index contributed by atoms with van der Waals surface area (Å²) in [4.78, 5) is 12.4. The third kappa shape index (κ3) is 5.06. The van der Waals surface area contributed by atoms with Crippen molar-refractivity contribution in [2.45, 2.75) is 13.3 Å². The first-order valence-electron chi connectivity index (χ1n) is 9.28. The Morgan fingerprint density at radius 3 is 2.50 bits per heavy atom. The van der Waals surface area contributed by atoms with Crippen molar-refractivity contribution in [2.75, 3.05) is 5.32 Å². The van der Waals surface area contributed by atoms with Crippen molar-refractivity contribution in [3.63, 3.8) is 0 Å². The maximum atomic E-state index is 13.6. The second kappa shape index (κ2) is 9.37. The van der Waals surface area contributed by atoms with Crippen LogP contribution in [0.5, 0.6) is 5.75 Å². The number of carbonyl (C=O) groups excluding carboxylic acids is 1. The molecule has 1 amide bonds. The van der Waals surface area contributed by atoms with Crippen LogP contribution in [0.15, 0.2) is 60.9 Å². The topological polar surface area (TPSA) is 74.0 Å². The summed E-state index contributed by atoms with van der Waals surface area (Å²) < 4.78 is 34.7. The van der Waals surface area contributed by atoms with E-state index in [4.69, 9.17) is 27.9 Å². The van der Waals surface area contributed by atoms with E-state index >= 15 is 0 Å². The Morgan fingerprint density at radius 1 is 1.00 bits per heavy atom. The Bertz CT molecular complexity index is 1250. The highest BCUT2D eigenvalue weighted by molar-refractivity contribution is 6.35. The van der Waals surface area contributed by atoms with Crippen LogP contribution in [0.3, 0.4) is 0 Å². The average molecular weight is 478 g/mol. The third-order valence-electron chi connectivity index (χ3n) is 4.38. The lowest BCUT2D eigenvalue weighted by atomic mass is 10.2. The first kappa shape index (κ1) is 21.8. The highest BCUT2D eigenvalue weighted by atomic mass is 35.5. The van der Waals surface area contributed by atoms with Gasteiger partial charge < -0.3 is 10.1 Å². The summed E-state index contributed by atoms with van der Waals surface area (Å²) in [6.07, 6.45) is 3.17. The zero-order valence-electron chi connectivity index (χ0n) is 16.3. The van der Waals surface area contributed by atoms with Gasteiger partial charge in [-0.3, -0.25) is 9.48 Å². The van der Waals surface area contributed by atoms with Gasteiger partial charge in [-0.1, -0.05) is 29.3 Å². The number of amides is 1. The standard InChI is InChI=1S/C21H15Cl2F2N5O2/c22-15-2-1-3-16(23)14(15)11-29-9-7-20(28-29)26-21(31)18-6-8-30(27-18)12-32-19-5-4-13(24)10-17(19)25/h1-10H,11-12H2,(H,26,28,31). The van der Waals surface area contributed by atoms with E-state index in [0.717, 1.165) is 12.1 Å². The minimum Gasteiger partial charge on any atom is -0.468 e. The molecule has 2 aromatic heterocycles. The number of ether oxygens (including phenoxy) is 1. The largest absolute Gasteiger partial charge is 0.468 e. The number of rotatable bonds is 7. The number of hydrogen-bond acceptors (Lipinski definition) is 4. The molecule has 32 heavy (non-hydrogen) atoms. The fraction of sp³-hybridized carbons (Fsp3) is 0.0952. The van der Waals surface area contributed by atoms with E-state index in [0.29, 0.717) is 28.0 Å². The molecule has 0 bridgehead atoms. The summed E-state index contributed by atoms with van der Waals surface area (Å²) in [5.41, 5.74) is 0.824. The van der Waals surface area contributed by atoms with E-state index in [1.165, 1.54) is 23.0 Å². The summed E-state index contributed by atoms with van der Waals surface area (Å²) in [6.45, 7) is 0.170. The van der Waals surface area contributed by atoms with Crippen molar-refractivity contribution >= 4 is 34.9 Å². The number of benzene rings is 2. The van der Waals surface area contributed by atoms with Crippen molar-refractivity contribution in [1.29, 1.82) is 0 Å². The fourth-order valence-electron chi connectivity index (χ4n) is 2.82. The predicted octanol–water partition coefficient (Wildman–Crippen LogP) is 5.00. The van der Waals surface area contributed by atoms with Crippen LogP contribution in [0.25, 0.3) is 0 Å². The van der Waals surface area contributed by atoms with E-state index in [-0.39, 0.29) is 18.2 Å². The van der Waals surface area contributed by atoms with Gasteiger partial charge in [0.25, 0.3) is 5.91 Å². The summed E-state index contributed by atoms with van der Waals surface area (Å²) >= 11 is 12.4. The minimum absolute atomic E-state index is 0.108. The van der Waals surface area contributed by atoms with Gasteiger partial charge in [0.2, 0.25) is 0 Å². The van der Waals surface area contributed by atoms with E-state index < -0.39 is 17.5 Å². The van der Waals surface area contributed by atoms with E-state index in [9.17, 15) is 13.6 Å². The second-order valence-electron chi connectivity index (χ2n) is 6.64. The van der Waals surface area contributed by atoms with Gasteiger partial charge >= 0.3 is 0 Å². The number of hydrogen-bond donors (Lipinski definition) is 1. The lowest BCUT2D eigenvalue weighted by molar-refractivity contribution is 0.101. The molecule has 0 saturated carbocycles. The molecule has 7 nitrogen and oxygen atoms in total. The van der Waals surface area contributed by atoms with Crippen LogP contribution in [0.4, 0.5) is 14.6 Å². The highest BCUT2D eigenvalue weighted by Crippen LogP contribution is 2.25. The van der Waals surface area contributed by atoms with Gasteiger partial charge in [-0.2, -0.15) is 10.2 Å². The number of nitrogens with zero attached hydrogens (tertiary/aromatic N) is 4. The number of anilines is 1. The Labute approximate surface area is 191 Å². The van der Waals surface area contributed by atoms with Crippen LogP contribution in [-0.2, 0) is 13.3 Å². The van der Waals surface area contributed by atoms with Gasteiger partial charge in [0.1, 0.15) is 5.82 Å². The fourth-order valence-corrected chi connectivity index (χ4v) is 3.34. The number of carbonyl (C=O) groups is 1. The smallest absolute Gasteiger partial charge is 0.277 e. The van der Waals surface area contributed by atoms with Crippen LogP contribution < -0.4 is 10.1 Å². The molecular formula is C21H15Cl2F2N5O2. The lowest BCUT2D eigenvalue weighted by Crippen LogP contribution is -2.15. The Morgan fingerprint density at radius 2 is 1.75 bits per heavy atom. The Kier molecular flexibility index (Phi) is 6.38. The molecule has 0 unspecified atom stereocenters. The van der Waals surface area contributed by atoms with E-state index in [1.54, 1.807) is 35.1 Å². The van der Waals surface area contributed by atoms with Crippen LogP contribution in [0.2, 0.25) is 10.0 Å². The molecule has 2 heterocycles. The predicted molar refractivity (Wildman–Crippen MR) is 115 cm³/mol. The van der Waals surface area contributed by atoms with Crippen molar-refractivity contribution in [2.24, 2.45) is 0 Å². The van der Waals surface area contributed by atoms with Gasteiger partial charge in [0.15, 0.2) is 29.8 Å². The Balaban J connectivity index is 1.36. The molecule has 2 aromatic carbocycles. The number of halogens is 4. The molecule has 0 aliphatic carbocycles. The zero-order chi connectivity index (χ0) is 22.7. The maximum absolute atomic E-state index is 13.6. The lowest BCUT2D eigenvalue weighted by Gasteiger charge is -2.07. The molecule has 1 N–H and O–H groups in total. The minimum atomic E-state index is -0.830. The monoisotopic (exact) mass is 477 g/mol. The summed E-state index contributed by atoms with van der Waals surface area (Å²) in [5.74, 6) is -1.83. The van der Waals surface area contributed by atoms with Gasteiger partial charge in [-0.25, -0.2) is 13.5 Å². The van der Waals surface area contributed by atoms with Crippen LogP contribution >= 0.6 is 23.2 Å². The summed E-state index contributed by atoms with van der Waals surface area (Å²) in [6, 6.07) is 11.3. The van der Waals surface area contributed by atoms with Crippen molar-refractivity contribution in [3.8, 4) is 5.75 Å². The molecule has 0 spiro atoms. The van der Waals surface area contributed by atoms with E-state index in [1.807, 2.05) is 0 Å². The molecule has 4 rings (SSSR count).